The highest BCUT2D eigenvalue weighted by atomic mass is 32.1. The van der Waals surface area contributed by atoms with Crippen molar-refractivity contribution in [3.8, 4) is 0 Å². The number of Topliss-reactive ketones (excluding diaryl/α,β-unsaturated/α-hetero) is 1. The van der Waals surface area contributed by atoms with E-state index in [0.29, 0.717) is 72.5 Å². The Balaban J connectivity index is 1.85. The molecule has 172 valence electrons. The zero-order valence-corrected chi connectivity index (χ0v) is 19.5. The number of hydrogen-bond donors (Lipinski definition) is 4. The zero-order valence-electron chi connectivity index (χ0n) is 18.6. The Morgan fingerprint density at radius 3 is 2.76 bits per heavy atom. The largest absolute Gasteiger partial charge is 0.381 e. The molecule has 0 fully saturated rings. The number of nitrogens with zero attached hydrogens (tertiary/aromatic N) is 3. The summed E-state index contributed by atoms with van der Waals surface area (Å²) in [6.07, 6.45) is 2.05. The van der Waals surface area contributed by atoms with Gasteiger partial charge in [-0.3, -0.25) is 19.1 Å². The highest BCUT2D eigenvalue weighted by Gasteiger charge is 2.24. The molecule has 0 unspecified atom stereocenters. The van der Waals surface area contributed by atoms with Gasteiger partial charge >= 0.3 is 0 Å². The van der Waals surface area contributed by atoms with Crippen LogP contribution in [0.2, 0.25) is 0 Å². The lowest BCUT2D eigenvalue weighted by atomic mass is 10.1. The Labute approximate surface area is 196 Å². The number of aromatic nitrogens is 2. The Hall–Kier alpha value is -3.40. The number of nitrogens with one attached hydrogen (secondary N) is 2. The van der Waals surface area contributed by atoms with Crippen LogP contribution in [0, 0.1) is 6.92 Å². The van der Waals surface area contributed by atoms with E-state index < -0.39 is 5.91 Å². The number of aryl methyl sites for hydroxylation is 2. The van der Waals surface area contributed by atoms with Gasteiger partial charge in [-0.1, -0.05) is 0 Å². The quantitative estimate of drug-likeness (QED) is 0.494. The Kier molecular flexibility index (Phi) is 6.37. The number of carbonyl (C=O) groups is 3. The third kappa shape index (κ3) is 4.56. The highest BCUT2D eigenvalue weighted by Crippen LogP contribution is 2.19. The van der Waals surface area contributed by atoms with E-state index in [1.54, 1.807) is 22.9 Å². The standard InChI is InChI=1S/C23H26N6O3S/c1-3-29-17(9-12(2)28-29)23(32)27-22-20-19-15(10-13(21(24)31)11-16(19)26-22)18(33)6-4-5-14(30)7-8-25-20/h9-11,25,33H,3-8H2,1-2H3,(H2,24,31)(H,26,27,32)/b18-15-. The minimum atomic E-state index is -0.579. The number of primary amides is 1. The fourth-order valence-electron chi connectivity index (χ4n) is 4.09. The third-order valence-electron chi connectivity index (χ3n) is 5.67. The number of thiol groups is 1. The van der Waals surface area contributed by atoms with Gasteiger partial charge in [-0.2, -0.15) is 5.10 Å². The summed E-state index contributed by atoms with van der Waals surface area (Å²) in [6.45, 7) is 4.67. The molecule has 2 amide bonds. The van der Waals surface area contributed by atoms with Gasteiger partial charge in [0.05, 0.1) is 17.1 Å². The Bertz CT molecular complexity index is 1320. The molecule has 1 aromatic carbocycles. The van der Waals surface area contributed by atoms with Crippen molar-refractivity contribution in [2.45, 2.75) is 46.1 Å². The lowest BCUT2D eigenvalue weighted by molar-refractivity contribution is -0.119. The summed E-state index contributed by atoms with van der Waals surface area (Å²) in [5, 5.41) is 11.9. The van der Waals surface area contributed by atoms with Crippen LogP contribution in [0.15, 0.2) is 23.2 Å². The Morgan fingerprint density at radius 1 is 1.24 bits per heavy atom. The monoisotopic (exact) mass is 466 g/mol. The number of rotatable bonds is 3. The smallest absolute Gasteiger partial charge is 0.275 e. The van der Waals surface area contributed by atoms with Crippen molar-refractivity contribution in [1.82, 2.24) is 20.4 Å². The van der Waals surface area contributed by atoms with E-state index in [1.165, 1.54) is 0 Å². The number of benzene rings is 1. The van der Waals surface area contributed by atoms with Crippen LogP contribution in [0.25, 0.3) is 10.6 Å². The van der Waals surface area contributed by atoms with Crippen molar-refractivity contribution in [1.29, 1.82) is 0 Å². The van der Waals surface area contributed by atoms with Crippen LogP contribution in [-0.4, -0.2) is 39.8 Å². The lowest BCUT2D eigenvalue weighted by Gasteiger charge is -2.12. The highest BCUT2D eigenvalue weighted by molar-refractivity contribution is 7.90. The maximum atomic E-state index is 13.1. The summed E-state index contributed by atoms with van der Waals surface area (Å²) in [7, 11) is 0. The molecule has 9 nitrogen and oxygen atoms in total. The fourth-order valence-corrected chi connectivity index (χ4v) is 4.42. The number of amidine groups is 1. The molecule has 2 aliphatic rings. The van der Waals surface area contributed by atoms with Crippen molar-refractivity contribution >= 4 is 52.4 Å². The van der Waals surface area contributed by atoms with E-state index in [4.69, 9.17) is 5.73 Å². The molecular weight excluding hydrogens is 440 g/mol. The second-order valence-electron chi connectivity index (χ2n) is 8.07. The van der Waals surface area contributed by atoms with E-state index in [1.807, 2.05) is 13.8 Å². The molecule has 0 atom stereocenters. The van der Waals surface area contributed by atoms with Crippen LogP contribution >= 0.6 is 12.6 Å². The van der Waals surface area contributed by atoms with Crippen LogP contribution in [0.5, 0.6) is 0 Å². The van der Waals surface area contributed by atoms with E-state index >= 15 is 0 Å². The van der Waals surface area contributed by atoms with Crippen LogP contribution in [-0.2, 0) is 11.3 Å². The van der Waals surface area contributed by atoms with Crippen LogP contribution in [0.1, 0.15) is 59.1 Å². The van der Waals surface area contributed by atoms with Gasteiger partial charge in [0.1, 0.15) is 11.5 Å². The molecule has 0 spiro atoms. The average Bonchev–Trinajstić information content (AvgIpc) is 3.31. The number of nitrogens with two attached hydrogens (primary N) is 1. The predicted octanol–water partition coefficient (Wildman–Crippen LogP) is 0.663. The van der Waals surface area contributed by atoms with E-state index in [-0.39, 0.29) is 11.7 Å². The molecule has 1 aromatic heterocycles. The first kappa shape index (κ1) is 22.8. The molecule has 4 N–H and O–H groups in total. The molecule has 0 bridgehead atoms. The molecule has 33 heavy (non-hydrogen) atoms. The molecule has 2 aromatic rings. The van der Waals surface area contributed by atoms with Gasteiger partial charge in [0.25, 0.3) is 5.91 Å². The van der Waals surface area contributed by atoms with Crippen molar-refractivity contribution in [3.05, 3.63) is 45.6 Å². The van der Waals surface area contributed by atoms with Crippen molar-refractivity contribution < 1.29 is 14.4 Å². The van der Waals surface area contributed by atoms with Crippen LogP contribution in [0.4, 0.5) is 5.69 Å². The molecule has 2 aliphatic heterocycles. The second-order valence-corrected chi connectivity index (χ2v) is 8.61. The van der Waals surface area contributed by atoms with Gasteiger partial charge < -0.3 is 16.4 Å². The molecule has 0 aliphatic carbocycles. The third-order valence-corrected chi connectivity index (χ3v) is 6.14. The predicted molar refractivity (Wildman–Crippen MR) is 129 cm³/mol. The van der Waals surface area contributed by atoms with Gasteiger partial charge in [-0.15, -0.1) is 12.6 Å². The second kappa shape index (κ2) is 9.22. The maximum absolute atomic E-state index is 13.1. The summed E-state index contributed by atoms with van der Waals surface area (Å²) < 4.78 is 1.62. The zero-order chi connectivity index (χ0) is 23.7. The van der Waals surface area contributed by atoms with Gasteiger partial charge in [0.2, 0.25) is 5.91 Å². The lowest BCUT2D eigenvalue weighted by Crippen LogP contribution is -2.40. The van der Waals surface area contributed by atoms with E-state index in [9.17, 15) is 14.4 Å². The molecule has 0 radical (unpaired) electrons. The molecule has 4 rings (SSSR count). The average molecular weight is 467 g/mol. The minimum absolute atomic E-state index is 0.149. The first-order valence-corrected chi connectivity index (χ1v) is 11.3. The summed E-state index contributed by atoms with van der Waals surface area (Å²) in [5.74, 6) is -0.470. The van der Waals surface area contributed by atoms with E-state index in [0.717, 1.165) is 15.8 Å². The van der Waals surface area contributed by atoms with Gasteiger partial charge in [0.15, 0.2) is 5.84 Å². The normalized spacial score (nSPS) is 17.6. The van der Waals surface area contributed by atoms with Crippen LogP contribution < -0.4 is 26.8 Å². The van der Waals surface area contributed by atoms with Gasteiger partial charge in [0, 0.05) is 36.7 Å². The summed E-state index contributed by atoms with van der Waals surface area (Å²) in [6, 6.07) is 5.01. The first-order chi connectivity index (χ1) is 15.8. The van der Waals surface area contributed by atoms with Crippen LogP contribution in [0.3, 0.4) is 0 Å². The maximum Gasteiger partial charge on any atom is 0.275 e. The van der Waals surface area contributed by atoms with Crippen molar-refractivity contribution in [2.24, 2.45) is 10.7 Å². The van der Waals surface area contributed by atoms with Gasteiger partial charge in [-0.05, 0) is 55.0 Å². The van der Waals surface area contributed by atoms with Crippen molar-refractivity contribution in [2.75, 3.05) is 6.54 Å². The number of aliphatic imine (C=N–C) groups is 1. The molecule has 0 saturated heterocycles. The SMILES string of the molecule is CCn1nc(C)cc1C(=O)NC1=Nc2cc(C(N)=O)c/c3c2=C1NCCC(=O)CCC/C=3S. The fraction of sp³-hybridized carbons (Fsp3) is 0.348. The summed E-state index contributed by atoms with van der Waals surface area (Å²) in [5.41, 5.74) is 8.11. The number of hydrogen-bond acceptors (Lipinski definition) is 7. The molecule has 3 heterocycles. The molecular formula is C23H26N6O3S. The number of carbonyl (C=O) groups excluding carboxylic acids is 3. The molecule has 10 heteroatoms. The Morgan fingerprint density at radius 2 is 2.03 bits per heavy atom. The minimum Gasteiger partial charge on any atom is -0.381 e. The van der Waals surface area contributed by atoms with Gasteiger partial charge in [-0.25, -0.2) is 4.99 Å². The van der Waals surface area contributed by atoms with E-state index in [2.05, 4.69) is 33.4 Å². The number of ketones is 1. The summed E-state index contributed by atoms with van der Waals surface area (Å²) in [4.78, 5) is 42.6. The van der Waals surface area contributed by atoms with Crippen molar-refractivity contribution in [3.63, 3.8) is 0 Å². The number of amides is 2. The molecule has 0 saturated carbocycles. The first-order valence-electron chi connectivity index (χ1n) is 10.9. The summed E-state index contributed by atoms with van der Waals surface area (Å²) >= 11 is 4.68. The topological polar surface area (TPSA) is 131 Å².